The van der Waals surface area contributed by atoms with Gasteiger partial charge in [-0.15, -0.1) is 0 Å². The molecule has 2 nitrogen and oxygen atoms in total. The first-order valence-corrected chi connectivity index (χ1v) is 6.69. The quantitative estimate of drug-likeness (QED) is 0.852. The topological polar surface area (TPSA) is 15.3 Å². The van der Waals surface area contributed by atoms with Gasteiger partial charge in [0.25, 0.3) is 0 Å². The van der Waals surface area contributed by atoms with Gasteiger partial charge in [0, 0.05) is 23.6 Å². The molecule has 1 aromatic carbocycles. The van der Waals surface area contributed by atoms with Gasteiger partial charge in [-0.05, 0) is 47.4 Å². The van der Waals surface area contributed by atoms with E-state index >= 15 is 0 Å². The molecule has 88 valence electrons. The Morgan fingerprint density at radius 2 is 2.00 bits per heavy atom. The van der Waals surface area contributed by atoms with E-state index in [9.17, 15) is 0 Å². The second-order valence-corrected chi connectivity index (χ2v) is 5.57. The van der Waals surface area contributed by atoms with Gasteiger partial charge in [0.1, 0.15) is 0 Å². The van der Waals surface area contributed by atoms with Gasteiger partial charge in [-0.25, -0.2) is 0 Å². The highest BCUT2D eigenvalue weighted by Gasteiger charge is 2.21. The zero-order valence-corrected chi connectivity index (χ0v) is 11.5. The largest absolute Gasteiger partial charge is 0.366 e. The third-order valence-corrected chi connectivity index (χ3v) is 3.81. The van der Waals surface area contributed by atoms with Crippen molar-refractivity contribution < 1.29 is 0 Å². The summed E-state index contributed by atoms with van der Waals surface area (Å²) in [5, 5.41) is 3.51. The summed E-state index contributed by atoms with van der Waals surface area (Å²) in [4.78, 5) is 2.49. The number of para-hydroxylation sites is 1. The molecular weight excluding hydrogens is 264 g/mol. The molecule has 2 unspecified atom stereocenters. The van der Waals surface area contributed by atoms with Gasteiger partial charge in [0.05, 0.1) is 5.69 Å². The highest BCUT2D eigenvalue weighted by molar-refractivity contribution is 9.10. The van der Waals surface area contributed by atoms with Gasteiger partial charge >= 0.3 is 0 Å². The van der Waals surface area contributed by atoms with E-state index in [1.54, 1.807) is 0 Å². The van der Waals surface area contributed by atoms with Crippen LogP contribution in [0.4, 0.5) is 5.69 Å². The third-order valence-electron chi connectivity index (χ3n) is 3.13. The van der Waals surface area contributed by atoms with Crippen LogP contribution < -0.4 is 10.2 Å². The molecule has 0 bridgehead atoms. The molecule has 2 rings (SSSR count). The van der Waals surface area contributed by atoms with Crippen LogP contribution in [-0.4, -0.2) is 25.7 Å². The highest BCUT2D eigenvalue weighted by atomic mass is 79.9. The Morgan fingerprint density at radius 1 is 1.25 bits per heavy atom. The summed E-state index contributed by atoms with van der Waals surface area (Å²) in [6.45, 7) is 7.88. The first-order chi connectivity index (χ1) is 7.68. The van der Waals surface area contributed by atoms with E-state index in [2.05, 4.69) is 64.3 Å². The summed E-state index contributed by atoms with van der Waals surface area (Å²) in [5.41, 5.74) is 1.31. The van der Waals surface area contributed by atoms with Crippen molar-refractivity contribution in [1.82, 2.24) is 5.32 Å². The van der Waals surface area contributed by atoms with Crippen LogP contribution in [-0.2, 0) is 0 Å². The van der Waals surface area contributed by atoms with Crippen LogP contribution in [0.15, 0.2) is 28.7 Å². The number of halogens is 1. The fraction of sp³-hybridized carbons (Fsp3) is 0.538. The lowest BCUT2D eigenvalue weighted by molar-refractivity contribution is 0.563. The normalized spacial score (nSPS) is 26.6. The van der Waals surface area contributed by atoms with Crippen molar-refractivity contribution in [3.05, 3.63) is 28.7 Å². The summed E-state index contributed by atoms with van der Waals surface area (Å²) in [5.74, 6) is 0.692. The number of hydrogen-bond acceptors (Lipinski definition) is 2. The Kier molecular flexibility index (Phi) is 3.87. The molecule has 0 saturated carbocycles. The number of nitrogens with one attached hydrogen (secondary N) is 1. The van der Waals surface area contributed by atoms with E-state index in [1.807, 2.05) is 0 Å². The lowest BCUT2D eigenvalue weighted by atomic mass is 10.1. The molecule has 0 spiro atoms. The van der Waals surface area contributed by atoms with Gasteiger partial charge in [-0.3, -0.25) is 0 Å². The highest BCUT2D eigenvalue weighted by Crippen LogP contribution is 2.28. The molecule has 1 aromatic rings. The summed E-state index contributed by atoms with van der Waals surface area (Å²) < 4.78 is 1.19. The average Bonchev–Trinajstić information content (AvgIpc) is 2.42. The first-order valence-electron chi connectivity index (χ1n) is 5.90. The van der Waals surface area contributed by atoms with Crippen molar-refractivity contribution >= 4 is 21.6 Å². The van der Waals surface area contributed by atoms with E-state index in [0.29, 0.717) is 12.0 Å². The van der Waals surface area contributed by atoms with Crippen molar-refractivity contribution in [2.75, 3.05) is 24.5 Å². The van der Waals surface area contributed by atoms with Crippen molar-refractivity contribution in [2.24, 2.45) is 5.92 Å². The lowest BCUT2D eigenvalue weighted by Crippen LogP contribution is -2.38. The maximum Gasteiger partial charge on any atom is 0.0513 e. The zero-order chi connectivity index (χ0) is 11.5. The molecule has 1 fully saturated rings. The fourth-order valence-corrected chi connectivity index (χ4v) is 2.76. The lowest BCUT2D eigenvalue weighted by Gasteiger charge is -2.31. The van der Waals surface area contributed by atoms with E-state index < -0.39 is 0 Å². The number of hydrogen-bond donors (Lipinski definition) is 1. The van der Waals surface area contributed by atoms with Crippen LogP contribution in [0.5, 0.6) is 0 Å². The van der Waals surface area contributed by atoms with Gasteiger partial charge in [-0.1, -0.05) is 19.1 Å². The maximum atomic E-state index is 3.64. The Morgan fingerprint density at radius 3 is 2.75 bits per heavy atom. The molecule has 2 atom stereocenters. The van der Waals surface area contributed by atoms with Crippen molar-refractivity contribution in [2.45, 2.75) is 19.9 Å². The van der Waals surface area contributed by atoms with Gasteiger partial charge in [0.15, 0.2) is 0 Å². The first kappa shape index (κ1) is 11.9. The van der Waals surface area contributed by atoms with Crippen molar-refractivity contribution in [3.8, 4) is 0 Å². The van der Waals surface area contributed by atoms with Crippen LogP contribution >= 0.6 is 15.9 Å². The molecule has 0 aliphatic carbocycles. The Hall–Kier alpha value is -0.540. The van der Waals surface area contributed by atoms with Gasteiger partial charge in [-0.2, -0.15) is 0 Å². The predicted molar refractivity (Wildman–Crippen MR) is 73.0 cm³/mol. The molecule has 0 radical (unpaired) electrons. The minimum absolute atomic E-state index is 0.545. The fourth-order valence-electron chi connectivity index (χ4n) is 2.25. The zero-order valence-electron chi connectivity index (χ0n) is 9.91. The molecule has 16 heavy (non-hydrogen) atoms. The van der Waals surface area contributed by atoms with Crippen LogP contribution in [0, 0.1) is 5.92 Å². The summed E-state index contributed by atoms with van der Waals surface area (Å²) in [7, 11) is 0. The predicted octanol–water partition coefficient (Wildman–Crippen LogP) is 2.88. The van der Waals surface area contributed by atoms with Crippen molar-refractivity contribution in [1.29, 1.82) is 0 Å². The second-order valence-electron chi connectivity index (χ2n) is 4.72. The smallest absolute Gasteiger partial charge is 0.0513 e. The molecule has 0 amide bonds. The Bertz CT molecular complexity index is 354. The van der Waals surface area contributed by atoms with Crippen LogP contribution in [0.3, 0.4) is 0 Å². The SMILES string of the molecule is CC1CNCC(C)N(c2ccccc2Br)C1. The molecule has 0 aromatic heterocycles. The van der Waals surface area contributed by atoms with E-state index in [0.717, 1.165) is 19.6 Å². The molecule has 3 heteroatoms. The molecule has 1 N–H and O–H groups in total. The number of anilines is 1. The molecule has 1 heterocycles. The van der Waals surface area contributed by atoms with E-state index in [4.69, 9.17) is 0 Å². The van der Waals surface area contributed by atoms with Crippen LogP contribution in [0.2, 0.25) is 0 Å². The number of rotatable bonds is 1. The third kappa shape index (κ3) is 2.58. The van der Waals surface area contributed by atoms with Crippen LogP contribution in [0.25, 0.3) is 0 Å². The summed E-state index contributed by atoms with van der Waals surface area (Å²) in [6, 6.07) is 9.03. The molecule has 1 aliphatic heterocycles. The van der Waals surface area contributed by atoms with E-state index in [1.165, 1.54) is 10.2 Å². The minimum atomic E-state index is 0.545. The average molecular weight is 283 g/mol. The van der Waals surface area contributed by atoms with Crippen molar-refractivity contribution in [3.63, 3.8) is 0 Å². The molecule has 1 aliphatic rings. The molecule has 1 saturated heterocycles. The monoisotopic (exact) mass is 282 g/mol. The standard InChI is InChI=1S/C13H19BrN2/c1-10-7-15-8-11(2)16(9-10)13-6-4-3-5-12(13)14/h3-6,10-11,15H,7-9H2,1-2H3. The molecular formula is C13H19BrN2. The van der Waals surface area contributed by atoms with Gasteiger partial charge in [0.2, 0.25) is 0 Å². The summed E-state index contributed by atoms with van der Waals surface area (Å²) >= 11 is 3.64. The Labute approximate surface area is 106 Å². The van der Waals surface area contributed by atoms with Crippen LogP contribution in [0.1, 0.15) is 13.8 Å². The van der Waals surface area contributed by atoms with E-state index in [-0.39, 0.29) is 0 Å². The maximum absolute atomic E-state index is 3.64. The number of benzene rings is 1. The Balaban J connectivity index is 2.26. The minimum Gasteiger partial charge on any atom is -0.366 e. The second kappa shape index (κ2) is 5.19. The van der Waals surface area contributed by atoms with Gasteiger partial charge < -0.3 is 10.2 Å². The number of nitrogens with zero attached hydrogens (tertiary/aromatic N) is 1. The summed E-state index contributed by atoms with van der Waals surface area (Å²) in [6.07, 6.45) is 0.